The van der Waals surface area contributed by atoms with Crippen molar-refractivity contribution in [3.05, 3.63) is 35.6 Å². The van der Waals surface area contributed by atoms with E-state index in [-0.39, 0.29) is 36.5 Å². The number of rotatable bonds is 4. The largest absolute Gasteiger partial charge is 0.481 e. The zero-order valence-electron chi connectivity index (χ0n) is 13.0. The molecule has 0 spiro atoms. The van der Waals surface area contributed by atoms with E-state index in [1.165, 1.54) is 12.1 Å². The molecule has 22 heavy (non-hydrogen) atoms. The summed E-state index contributed by atoms with van der Waals surface area (Å²) in [5.41, 5.74) is 0.785. The monoisotopic (exact) mass is 307 g/mol. The molecule has 0 saturated carbocycles. The van der Waals surface area contributed by atoms with E-state index in [2.05, 4.69) is 0 Å². The molecule has 1 aromatic rings. The molecule has 0 bridgehead atoms. The van der Waals surface area contributed by atoms with E-state index in [1.54, 1.807) is 17.0 Å². The van der Waals surface area contributed by atoms with Crippen molar-refractivity contribution in [1.82, 2.24) is 4.90 Å². The number of likely N-dealkylation sites (tertiary alicyclic amines) is 1. The number of carbonyl (C=O) groups is 2. The van der Waals surface area contributed by atoms with Gasteiger partial charge in [-0.25, -0.2) is 4.39 Å². The topological polar surface area (TPSA) is 57.6 Å². The summed E-state index contributed by atoms with van der Waals surface area (Å²) in [4.78, 5) is 25.2. The third kappa shape index (κ3) is 4.06. The molecule has 1 heterocycles. The van der Waals surface area contributed by atoms with Gasteiger partial charge in [-0.15, -0.1) is 0 Å². The number of carbonyl (C=O) groups excluding carboxylic acids is 1. The number of piperidine rings is 1. The van der Waals surface area contributed by atoms with Crippen LogP contribution in [-0.2, 0) is 9.59 Å². The average Bonchev–Trinajstić information content (AvgIpc) is 2.46. The number of hydrogen-bond acceptors (Lipinski definition) is 2. The second kappa shape index (κ2) is 6.90. The lowest BCUT2D eigenvalue weighted by Crippen LogP contribution is -2.45. The zero-order chi connectivity index (χ0) is 16.3. The van der Waals surface area contributed by atoms with E-state index < -0.39 is 11.9 Å². The molecule has 1 aromatic carbocycles. The van der Waals surface area contributed by atoms with Gasteiger partial charge in [-0.05, 0) is 36.0 Å². The highest BCUT2D eigenvalue weighted by molar-refractivity contribution is 5.78. The summed E-state index contributed by atoms with van der Waals surface area (Å²) in [6.07, 6.45) is 0.876. The van der Waals surface area contributed by atoms with Crippen LogP contribution in [0.5, 0.6) is 0 Å². The number of halogens is 1. The summed E-state index contributed by atoms with van der Waals surface area (Å²) in [6, 6.07) is 6.26. The Hall–Kier alpha value is -1.91. The first-order valence-corrected chi connectivity index (χ1v) is 7.63. The third-order valence-corrected chi connectivity index (χ3v) is 4.26. The summed E-state index contributed by atoms with van der Waals surface area (Å²) >= 11 is 0. The van der Waals surface area contributed by atoms with Gasteiger partial charge < -0.3 is 10.0 Å². The van der Waals surface area contributed by atoms with Crippen LogP contribution in [0.3, 0.4) is 0 Å². The highest BCUT2D eigenvalue weighted by Crippen LogP contribution is 2.25. The molecule has 120 valence electrons. The molecule has 0 aromatic heterocycles. The van der Waals surface area contributed by atoms with Gasteiger partial charge in [0, 0.05) is 19.5 Å². The van der Waals surface area contributed by atoms with E-state index in [0.29, 0.717) is 13.0 Å². The van der Waals surface area contributed by atoms with Crippen LogP contribution in [0.15, 0.2) is 24.3 Å². The number of hydrogen-bond donors (Lipinski definition) is 1. The highest BCUT2D eigenvalue weighted by atomic mass is 19.1. The summed E-state index contributed by atoms with van der Waals surface area (Å²) in [6.45, 7) is 4.72. The van der Waals surface area contributed by atoms with Gasteiger partial charge in [0.25, 0.3) is 0 Å². The predicted octanol–water partition coefficient (Wildman–Crippen LogP) is 2.89. The van der Waals surface area contributed by atoms with Crippen LogP contribution in [0.4, 0.5) is 4.39 Å². The Morgan fingerprint density at radius 1 is 1.41 bits per heavy atom. The molecule has 1 aliphatic heterocycles. The third-order valence-electron chi connectivity index (χ3n) is 4.26. The molecular formula is C17H22FNO3. The fourth-order valence-electron chi connectivity index (χ4n) is 3.06. The molecule has 3 unspecified atom stereocenters. The van der Waals surface area contributed by atoms with Crippen molar-refractivity contribution in [2.75, 3.05) is 13.1 Å². The minimum Gasteiger partial charge on any atom is -0.481 e. The Bertz CT molecular complexity index is 561. The molecule has 1 aliphatic rings. The minimum atomic E-state index is -0.845. The van der Waals surface area contributed by atoms with Crippen molar-refractivity contribution in [2.45, 2.75) is 32.6 Å². The zero-order valence-corrected chi connectivity index (χ0v) is 13.0. The van der Waals surface area contributed by atoms with E-state index in [9.17, 15) is 14.0 Å². The smallest absolute Gasteiger partial charge is 0.308 e. The standard InChI is InChI=1S/C17H22FNO3/c1-11-6-14(17(21)22)10-19(9-11)16(20)7-12(2)13-4-3-5-15(18)8-13/h3-5,8,11-12,14H,6-7,9-10H2,1-2H3,(H,21,22). The van der Waals surface area contributed by atoms with Crippen LogP contribution >= 0.6 is 0 Å². The summed E-state index contributed by atoms with van der Waals surface area (Å²) in [5, 5.41) is 9.17. The van der Waals surface area contributed by atoms with Gasteiger partial charge in [0.15, 0.2) is 0 Å². The molecule has 0 aliphatic carbocycles. The average molecular weight is 307 g/mol. The van der Waals surface area contributed by atoms with Crippen LogP contribution in [0.1, 0.15) is 38.2 Å². The fraction of sp³-hybridized carbons (Fsp3) is 0.529. The maximum atomic E-state index is 13.3. The Morgan fingerprint density at radius 3 is 2.77 bits per heavy atom. The van der Waals surface area contributed by atoms with Crippen LogP contribution in [0.25, 0.3) is 0 Å². The molecule has 1 N–H and O–H groups in total. The Labute approximate surface area is 129 Å². The van der Waals surface area contributed by atoms with Crippen LogP contribution in [0, 0.1) is 17.7 Å². The quantitative estimate of drug-likeness (QED) is 0.930. The first-order valence-electron chi connectivity index (χ1n) is 7.63. The lowest BCUT2D eigenvalue weighted by molar-refractivity contribution is -0.147. The number of aliphatic carboxylic acids is 1. The van der Waals surface area contributed by atoms with E-state index in [4.69, 9.17) is 5.11 Å². The van der Waals surface area contributed by atoms with Crippen molar-refractivity contribution < 1.29 is 19.1 Å². The Kier molecular flexibility index (Phi) is 5.16. The summed E-state index contributed by atoms with van der Waals surface area (Å²) < 4.78 is 13.3. The maximum absolute atomic E-state index is 13.3. The van der Waals surface area contributed by atoms with Gasteiger partial charge in [-0.2, -0.15) is 0 Å². The van der Waals surface area contributed by atoms with Crippen molar-refractivity contribution >= 4 is 11.9 Å². The summed E-state index contributed by atoms with van der Waals surface area (Å²) in [5.74, 6) is -1.62. The van der Waals surface area contributed by atoms with Crippen LogP contribution in [-0.4, -0.2) is 35.0 Å². The SMILES string of the molecule is CC1CC(C(=O)O)CN(C(=O)CC(C)c2cccc(F)c2)C1. The van der Waals surface area contributed by atoms with Gasteiger partial charge in [0.05, 0.1) is 5.92 Å². The molecule has 5 heteroatoms. The van der Waals surface area contributed by atoms with Gasteiger partial charge in [-0.1, -0.05) is 26.0 Å². The molecule has 0 radical (unpaired) electrons. The molecule has 1 amide bonds. The number of amides is 1. The molecular weight excluding hydrogens is 285 g/mol. The Balaban J connectivity index is 2.00. The van der Waals surface area contributed by atoms with Crippen molar-refractivity contribution in [2.24, 2.45) is 11.8 Å². The Morgan fingerprint density at radius 2 is 2.14 bits per heavy atom. The van der Waals surface area contributed by atoms with E-state index in [1.807, 2.05) is 13.8 Å². The molecule has 1 fully saturated rings. The fourth-order valence-corrected chi connectivity index (χ4v) is 3.06. The van der Waals surface area contributed by atoms with Crippen LogP contribution < -0.4 is 0 Å². The van der Waals surface area contributed by atoms with Crippen molar-refractivity contribution in [3.63, 3.8) is 0 Å². The number of carboxylic acids is 1. The normalized spacial score (nSPS) is 23.1. The van der Waals surface area contributed by atoms with E-state index >= 15 is 0 Å². The summed E-state index contributed by atoms with van der Waals surface area (Å²) in [7, 11) is 0. The lowest BCUT2D eigenvalue weighted by Gasteiger charge is -2.35. The van der Waals surface area contributed by atoms with Gasteiger partial charge >= 0.3 is 5.97 Å². The number of benzene rings is 1. The van der Waals surface area contributed by atoms with Crippen molar-refractivity contribution in [1.29, 1.82) is 0 Å². The highest BCUT2D eigenvalue weighted by Gasteiger charge is 2.32. The number of nitrogens with zero attached hydrogens (tertiary/aromatic N) is 1. The first kappa shape index (κ1) is 16.5. The molecule has 1 saturated heterocycles. The second-order valence-electron chi connectivity index (χ2n) is 6.33. The first-order chi connectivity index (χ1) is 10.4. The minimum absolute atomic E-state index is 0.0606. The van der Waals surface area contributed by atoms with Crippen LogP contribution in [0.2, 0.25) is 0 Å². The molecule has 2 rings (SSSR count). The lowest BCUT2D eigenvalue weighted by atomic mass is 9.89. The van der Waals surface area contributed by atoms with Gasteiger partial charge in [0.1, 0.15) is 5.82 Å². The van der Waals surface area contributed by atoms with E-state index in [0.717, 1.165) is 5.56 Å². The van der Waals surface area contributed by atoms with Gasteiger partial charge in [-0.3, -0.25) is 9.59 Å². The molecule has 4 nitrogen and oxygen atoms in total. The predicted molar refractivity (Wildman–Crippen MR) is 80.9 cm³/mol. The maximum Gasteiger partial charge on any atom is 0.308 e. The van der Waals surface area contributed by atoms with Gasteiger partial charge in [0.2, 0.25) is 5.91 Å². The second-order valence-corrected chi connectivity index (χ2v) is 6.33. The van der Waals surface area contributed by atoms with Crippen molar-refractivity contribution in [3.8, 4) is 0 Å². The number of carboxylic acid groups (broad SMARTS) is 1. The molecule has 3 atom stereocenters.